The van der Waals surface area contributed by atoms with Crippen molar-refractivity contribution in [3.63, 3.8) is 0 Å². The van der Waals surface area contributed by atoms with E-state index < -0.39 is 12.0 Å². The van der Waals surface area contributed by atoms with Crippen LogP contribution < -0.4 is 5.73 Å². The lowest BCUT2D eigenvalue weighted by molar-refractivity contribution is -0.137. The van der Waals surface area contributed by atoms with Gasteiger partial charge in [0.05, 0.1) is 11.4 Å². The van der Waals surface area contributed by atoms with Crippen LogP contribution in [0.15, 0.2) is 18.5 Å². The molecule has 0 aliphatic carbocycles. The number of carboxylic acid groups (broad SMARTS) is 1. The molecule has 0 amide bonds. The highest BCUT2D eigenvalue weighted by atomic mass is 35.5. The van der Waals surface area contributed by atoms with Crippen molar-refractivity contribution < 1.29 is 9.90 Å². The van der Waals surface area contributed by atoms with Gasteiger partial charge in [0.2, 0.25) is 0 Å². The number of nitrogens with two attached hydrogens (primary N) is 1. The van der Waals surface area contributed by atoms with Gasteiger partial charge in [-0.1, -0.05) is 11.6 Å². The number of H-pyrrole nitrogens is 1. The summed E-state index contributed by atoms with van der Waals surface area (Å²) >= 11 is 6.13. The first-order valence-electron chi connectivity index (χ1n) is 4.68. The van der Waals surface area contributed by atoms with Gasteiger partial charge in [0.25, 0.3) is 0 Å². The van der Waals surface area contributed by atoms with E-state index in [0.29, 0.717) is 16.2 Å². The van der Waals surface area contributed by atoms with Gasteiger partial charge >= 0.3 is 5.97 Å². The average Bonchev–Trinajstić information content (AvgIpc) is 2.65. The van der Waals surface area contributed by atoms with Crippen LogP contribution in [0.1, 0.15) is 18.0 Å². The molecular weight excluding hydrogens is 230 g/mol. The van der Waals surface area contributed by atoms with E-state index in [0.717, 1.165) is 5.39 Å². The molecule has 0 saturated heterocycles. The van der Waals surface area contributed by atoms with Crippen molar-refractivity contribution in [2.75, 3.05) is 0 Å². The fourth-order valence-corrected chi connectivity index (χ4v) is 1.89. The zero-order valence-corrected chi connectivity index (χ0v) is 9.03. The lowest BCUT2D eigenvalue weighted by atomic mass is 10.1. The molecule has 0 saturated carbocycles. The van der Waals surface area contributed by atoms with Crippen molar-refractivity contribution in [3.8, 4) is 0 Å². The van der Waals surface area contributed by atoms with Crippen LogP contribution in [0, 0.1) is 0 Å². The highest BCUT2D eigenvalue weighted by Crippen LogP contribution is 2.29. The molecule has 6 heteroatoms. The summed E-state index contributed by atoms with van der Waals surface area (Å²) in [7, 11) is 0. The first kappa shape index (κ1) is 10.9. The standard InChI is InChI=1S/C10H10ClN3O2/c11-9-5-1-2-13-10(5)14-4-6(9)7(12)3-8(15)16/h1-2,4,7H,3,12H2,(H,13,14)(H,15,16)/t7-/m1/s1. The Morgan fingerprint density at radius 3 is 3.12 bits per heavy atom. The van der Waals surface area contributed by atoms with Gasteiger partial charge in [-0.15, -0.1) is 0 Å². The van der Waals surface area contributed by atoms with Crippen molar-refractivity contribution in [1.29, 1.82) is 0 Å². The van der Waals surface area contributed by atoms with Crippen LogP contribution in [-0.4, -0.2) is 21.0 Å². The Bertz CT molecular complexity index is 538. The number of carboxylic acids is 1. The third-order valence-electron chi connectivity index (χ3n) is 2.34. The topological polar surface area (TPSA) is 92.0 Å². The van der Waals surface area contributed by atoms with Gasteiger partial charge in [0, 0.05) is 29.4 Å². The molecule has 0 aliphatic rings. The van der Waals surface area contributed by atoms with Crippen LogP contribution in [0.4, 0.5) is 0 Å². The Hall–Kier alpha value is -1.59. The number of pyridine rings is 1. The van der Waals surface area contributed by atoms with E-state index >= 15 is 0 Å². The minimum atomic E-state index is -0.960. The molecule has 0 radical (unpaired) electrons. The summed E-state index contributed by atoms with van der Waals surface area (Å²) in [6, 6.07) is 1.14. The van der Waals surface area contributed by atoms with Crippen LogP contribution in [0.5, 0.6) is 0 Å². The van der Waals surface area contributed by atoms with E-state index in [-0.39, 0.29) is 6.42 Å². The van der Waals surface area contributed by atoms with E-state index in [9.17, 15) is 4.79 Å². The molecule has 0 spiro atoms. The van der Waals surface area contributed by atoms with Gasteiger partial charge in [-0.05, 0) is 6.07 Å². The molecule has 2 rings (SSSR count). The summed E-state index contributed by atoms with van der Waals surface area (Å²) in [6.45, 7) is 0. The molecular formula is C10H10ClN3O2. The fourth-order valence-electron chi connectivity index (χ4n) is 1.55. The molecule has 5 nitrogen and oxygen atoms in total. The second kappa shape index (κ2) is 4.11. The summed E-state index contributed by atoms with van der Waals surface area (Å²) in [5.74, 6) is -0.960. The minimum Gasteiger partial charge on any atom is -0.481 e. The predicted molar refractivity (Wildman–Crippen MR) is 60.3 cm³/mol. The number of carbonyl (C=O) groups is 1. The van der Waals surface area contributed by atoms with Crippen molar-refractivity contribution in [1.82, 2.24) is 9.97 Å². The van der Waals surface area contributed by atoms with Crippen molar-refractivity contribution in [2.24, 2.45) is 5.73 Å². The zero-order valence-electron chi connectivity index (χ0n) is 8.27. The Labute approximate surface area is 96.2 Å². The molecule has 0 fully saturated rings. The molecule has 0 bridgehead atoms. The van der Waals surface area contributed by atoms with Gasteiger partial charge < -0.3 is 15.8 Å². The Morgan fingerprint density at radius 2 is 2.44 bits per heavy atom. The van der Waals surface area contributed by atoms with E-state index in [4.69, 9.17) is 22.4 Å². The number of rotatable bonds is 3. The number of hydrogen-bond acceptors (Lipinski definition) is 3. The molecule has 84 valence electrons. The summed E-state index contributed by atoms with van der Waals surface area (Å²) in [6.07, 6.45) is 3.06. The highest BCUT2D eigenvalue weighted by Gasteiger charge is 2.16. The van der Waals surface area contributed by atoms with Gasteiger partial charge in [0.15, 0.2) is 0 Å². The zero-order chi connectivity index (χ0) is 11.7. The number of aromatic amines is 1. The quantitative estimate of drug-likeness (QED) is 0.760. The number of aliphatic carboxylic acids is 1. The molecule has 0 aliphatic heterocycles. The first-order chi connectivity index (χ1) is 7.59. The molecule has 16 heavy (non-hydrogen) atoms. The molecule has 4 N–H and O–H groups in total. The van der Waals surface area contributed by atoms with Crippen molar-refractivity contribution in [3.05, 3.63) is 29.0 Å². The van der Waals surface area contributed by atoms with E-state index in [2.05, 4.69) is 9.97 Å². The Balaban J connectivity index is 2.44. The maximum Gasteiger partial charge on any atom is 0.305 e. The molecule has 2 aromatic rings. The maximum absolute atomic E-state index is 10.6. The number of hydrogen-bond donors (Lipinski definition) is 3. The van der Waals surface area contributed by atoms with E-state index in [1.165, 1.54) is 6.20 Å². The largest absolute Gasteiger partial charge is 0.481 e. The number of halogens is 1. The SMILES string of the molecule is N[C@H](CC(=O)O)c1cnc2[nH]ccc2c1Cl. The van der Waals surface area contributed by atoms with E-state index in [1.807, 2.05) is 0 Å². The summed E-state index contributed by atoms with van der Waals surface area (Å²) in [4.78, 5) is 17.6. The monoisotopic (exact) mass is 239 g/mol. The molecule has 0 aromatic carbocycles. The van der Waals surface area contributed by atoms with Gasteiger partial charge in [-0.2, -0.15) is 0 Å². The second-order valence-electron chi connectivity index (χ2n) is 3.47. The first-order valence-corrected chi connectivity index (χ1v) is 5.06. The smallest absolute Gasteiger partial charge is 0.305 e. The lowest BCUT2D eigenvalue weighted by Crippen LogP contribution is -2.15. The average molecular weight is 240 g/mol. The molecule has 2 aromatic heterocycles. The Morgan fingerprint density at radius 1 is 1.69 bits per heavy atom. The minimum absolute atomic E-state index is 0.169. The predicted octanol–water partition coefficient (Wildman–Crippen LogP) is 1.69. The third-order valence-corrected chi connectivity index (χ3v) is 2.76. The van der Waals surface area contributed by atoms with Gasteiger partial charge in [-0.3, -0.25) is 4.79 Å². The number of nitrogens with zero attached hydrogens (tertiary/aromatic N) is 1. The van der Waals surface area contributed by atoms with Crippen LogP contribution in [0.2, 0.25) is 5.02 Å². The van der Waals surface area contributed by atoms with Crippen LogP contribution in [0.25, 0.3) is 11.0 Å². The number of fused-ring (bicyclic) bond motifs is 1. The van der Waals surface area contributed by atoms with Crippen molar-refractivity contribution in [2.45, 2.75) is 12.5 Å². The number of aromatic nitrogens is 2. The van der Waals surface area contributed by atoms with Gasteiger partial charge in [-0.25, -0.2) is 4.98 Å². The van der Waals surface area contributed by atoms with Crippen LogP contribution >= 0.6 is 11.6 Å². The second-order valence-corrected chi connectivity index (χ2v) is 3.85. The summed E-state index contributed by atoms with van der Waals surface area (Å²) < 4.78 is 0. The number of nitrogens with one attached hydrogen (secondary N) is 1. The highest BCUT2D eigenvalue weighted by molar-refractivity contribution is 6.36. The summed E-state index contributed by atoms with van der Waals surface area (Å²) in [5, 5.41) is 9.87. The lowest BCUT2D eigenvalue weighted by Gasteiger charge is -2.11. The van der Waals surface area contributed by atoms with Crippen LogP contribution in [-0.2, 0) is 4.79 Å². The molecule has 2 heterocycles. The van der Waals surface area contributed by atoms with Gasteiger partial charge in [0.1, 0.15) is 5.65 Å². The fraction of sp³-hybridized carbons (Fsp3) is 0.200. The normalized spacial score (nSPS) is 12.9. The summed E-state index contributed by atoms with van der Waals surface area (Å²) in [5.41, 5.74) is 6.96. The van der Waals surface area contributed by atoms with Crippen LogP contribution in [0.3, 0.4) is 0 Å². The molecule has 1 atom stereocenters. The maximum atomic E-state index is 10.6. The molecule has 0 unspecified atom stereocenters. The van der Waals surface area contributed by atoms with Crippen molar-refractivity contribution >= 4 is 28.6 Å². The Kier molecular flexibility index (Phi) is 2.80. The third kappa shape index (κ3) is 1.87. The van der Waals surface area contributed by atoms with E-state index in [1.54, 1.807) is 12.3 Å².